The molecule has 0 saturated heterocycles. The molecule has 0 aliphatic heterocycles. The summed E-state index contributed by atoms with van der Waals surface area (Å²) in [7, 11) is 0. The van der Waals surface area contributed by atoms with Crippen molar-refractivity contribution in [3.63, 3.8) is 0 Å². The first-order valence-corrected chi connectivity index (χ1v) is 8.92. The molecule has 3 aromatic rings. The van der Waals surface area contributed by atoms with Crippen molar-refractivity contribution in [2.75, 3.05) is 11.9 Å². The number of nitrogens with zero attached hydrogens (tertiary/aromatic N) is 4. The van der Waals surface area contributed by atoms with Crippen LogP contribution in [0.5, 0.6) is 0 Å². The Hall–Kier alpha value is -2.15. The van der Waals surface area contributed by atoms with Gasteiger partial charge >= 0.3 is 0 Å². The van der Waals surface area contributed by atoms with Crippen molar-refractivity contribution in [2.45, 2.75) is 44.0 Å². The van der Waals surface area contributed by atoms with Gasteiger partial charge in [-0.2, -0.15) is 4.98 Å². The molecule has 6 nitrogen and oxygen atoms in total. The molecule has 2 aromatic heterocycles. The van der Waals surface area contributed by atoms with Gasteiger partial charge in [-0.05, 0) is 19.1 Å². The highest BCUT2D eigenvalue weighted by Crippen LogP contribution is 2.26. The van der Waals surface area contributed by atoms with Crippen LogP contribution in [0.1, 0.15) is 39.4 Å². The largest absolute Gasteiger partial charge is 0.370 e. The molecular formula is C17H21N5OS. The second-order valence-corrected chi connectivity index (χ2v) is 7.40. The van der Waals surface area contributed by atoms with E-state index >= 15 is 0 Å². The van der Waals surface area contributed by atoms with Crippen molar-refractivity contribution < 1.29 is 4.52 Å². The summed E-state index contributed by atoms with van der Waals surface area (Å²) in [6.45, 7) is 9.01. The van der Waals surface area contributed by atoms with Gasteiger partial charge in [0.1, 0.15) is 5.82 Å². The van der Waals surface area contributed by atoms with Crippen molar-refractivity contribution in [1.29, 1.82) is 0 Å². The number of anilines is 1. The fraction of sp³-hybridized carbons (Fsp3) is 0.412. The molecule has 0 fully saturated rings. The lowest BCUT2D eigenvalue weighted by Crippen LogP contribution is -2.11. The monoisotopic (exact) mass is 343 g/mol. The number of aromatic nitrogens is 4. The molecule has 1 N–H and O–H groups in total. The van der Waals surface area contributed by atoms with E-state index < -0.39 is 0 Å². The normalized spacial score (nSPS) is 11.8. The van der Waals surface area contributed by atoms with Gasteiger partial charge in [0.2, 0.25) is 5.89 Å². The molecule has 0 atom stereocenters. The summed E-state index contributed by atoms with van der Waals surface area (Å²) in [6, 6.07) is 7.99. The van der Waals surface area contributed by atoms with E-state index in [-0.39, 0.29) is 5.41 Å². The van der Waals surface area contributed by atoms with E-state index in [0.29, 0.717) is 22.6 Å². The number of hydrogen-bond donors (Lipinski definition) is 1. The number of thioether (sulfide) groups is 1. The summed E-state index contributed by atoms with van der Waals surface area (Å²) in [6.07, 6.45) is 0. The molecular weight excluding hydrogens is 322 g/mol. The Morgan fingerprint density at radius 2 is 1.92 bits per heavy atom. The van der Waals surface area contributed by atoms with Gasteiger partial charge in [0.15, 0.2) is 11.0 Å². The molecule has 0 unspecified atom stereocenters. The van der Waals surface area contributed by atoms with E-state index in [1.54, 1.807) is 0 Å². The zero-order valence-corrected chi connectivity index (χ0v) is 15.1. The van der Waals surface area contributed by atoms with Crippen LogP contribution in [0.25, 0.3) is 10.9 Å². The average Bonchev–Trinajstić information content (AvgIpc) is 3.02. The SMILES string of the molecule is CCNc1nc(SCc2noc(C(C)(C)C)n2)nc2ccccc12. The van der Waals surface area contributed by atoms with E-state index in [9.17, 15) is 0 Å². The van der Waals surface area contributed by atoms with Gasteiger partial charge in [0.25, 0.3) is 0 Å². The number of nitrogens with one attached hydrogen (secondary N) is 1. The molecule has 24 heavy (non-hydrogen) atoms. The summed E-state index contributed by atoms with van der Waals surface area (Å²) in [5, 5.41) is 9.07. The molecule has 0 radical (unpaired) electrons. The van der Waals surface area contributed by atoms with Crippen LogP contribution in [-0.2, 0) is 11.2 Å². The first-order valence-electron chi connectivity index (χ1n) is 7.94. The van der Waals surface area contributed by atoms with E-state index in [0.717, 1.165) is 23.3 Å². The van der Waals surface area contributed by atoms with Crippen molar-refractivity contribution in [2.24, 2.45) is 0 Å². The summed E-state index contributed by atoms with van der Waals surface area (Å²) in [5.41, 5.74) is 0.780. The maximum absolute atomic E-state index is 5.32. The minimum Gasteiger partial charge on any atom is -0.370 e. The minimum absolute atomic E-state index is 0.145. The zero-order valence-electron chi connectivity index (χ0n) is 14.3. The second-order valence-electron chi connectivity index (χ2n) is 6.46. The molecule has 0 spiro atoms. The van der Waals surface area contributed by atoms with Gasteiger partial charge < -0.3 is 9.84 Å². The Morgan fingerprint density at radius 3 is 2.62 bits per heavy atom. The van der Waals surface area contributed by atoms with Crippen LogP contribution in [0.2, 0.25) is 0 Å². The standard InChI is InChI=1S/C17H21N5OS/c1-5-18-14-11-8-6-7-9-12(11)19-16(21-14)24-10-13-20-15(23-22-13)17(2,3)4/h6-9H,5,10H2,1-4H3,(H,18,19,21). The van der Waals surface area contributed by atoms with Crippen LogP contribution in [0, 0.1) is 0 Å². The maximum atomic E-state index is 5.32. The molecule has 1 aromatic carbocycles. The Morgan fingerprint density at radius 1 is 1.12 bits per heavy atom. The van der Waals surface area contributed by atoms with Crippen LogP contribution in [0.15, 0.2) is 33.9 Å². The number of para-hydroxylation sites is 1. The van der Waals surface area contributed by atoms with Gasteiger partial charge in [0, 0.05) is 17.3 Å². The summed E-state index contributed by atoms with van der Waals surface area (Å²) in [5.74, 6) is 2.73. The lowest BCUT2D eigenvalue weighted by molar-refractivity contribution is 0.319. The zero-order chi connectivity index (χ0) is 17.2. The molecule has 0 amide bonds. The fourth-order valence-corrected chi connectivity index (χ4v) is 2.86. The molecule has 0 aliphatic rings. The molecule has 3 rings (SSSR count). The fourth-order valence-electron chi connectivity index (χ4n) is 2.17. The van der Waals surface area contributed by atoms with Crippen molar-refractivity contribution >= 4 is 28.5 Å². The van der Waals surface area contributed by atoms with Gasteiger partial charge in [-0.25, -0.2) is 9.97 Å². The molecule has 126 valence electrons. The topological polar surface area (TPSA) is 76.7 Å². The number of fused-ring (bicyclic) bond motifs is 1. The third kappa shape index (κ3) is 3.67. The first-order chi connectivity index (χ1) is 11.5. The molecule has 0 bridgehead atoms. The summed E-state index contributed by atoms with van der Waals surface area (Å²) in [4.78, 5) is 13.7. The minimum atomic E-state index is -0.145. The molecule has 2 heterocycles. The predicted molar refractivity (Wildman–Crippen MR) is 96.3 cm³/mol. The lowest BCUT2D eigenvalue weighted by atomic mass is 9.97. The number of benzene rings is 1. The average molecular weight is 343 g/mol. The number of rotatable bonds is 5. The van der Waals surface area contributed by atoms with Crippen molar-refractivity contribution in [1.82, 2.24) is 20.1 Å². The Labute approximate surface area is 145 Å². The van der Waals surface area contributed by atoms with Crippen molar-refractivity contribution in [3.05, 3.63) is 36.0 Å². The van der Waals surface area contributed by atoms with Gasteiger partial charge in [-0.3, -0.25) is 0 Å². The van der Waals surface area contributed by atoms with Gasteiger partial charge in [-0.1, -0.05) is 49.8 Å². The van der Waals surface area contributed by atoms with E-state index in [1.165, 1.54) is 11.8 Å². The third-order valence-electron chi connectivity index (χ3n) is 3.37. The van der Waals surface area contributed by atoms with Crippen LogP contribution in [0.3, 0.4) is 0 Å². The van der Waals surface area contributed by atoms with Crippen molar-refractivity contribution in [3.8, 4) is 0 Å². The Bertz CT molecular complexity index is 840. The van der Waals surface area contributed by atoms with E-state index in [2.05, 4.69) is 32.3 Å². The van der Waals surface area contributed by atoms with Crippen LogP contribution in [-0.4, -0.2) is 26.7 Å². The quantitative estimate of drug-likeness (QED) is 0.553. The molecule has 0 aliphatic carbocycles. The Balaban J connectivity index is 1.81. The third-order valence-corrected chi connectivity index (χ3v) is 4.21. The second kappa shape index (κ2) is 6.76. The first kappa shape index (κ1) is 16.7. The highest BCUT2D eigenvalue weighted by Gasteiger charge is 2.21. The summed E-state index contributed by atoms with van der Waals surface area (Å²) < 4.78 is 5.32. The highest BCUT2D eigenvalue weighted by atomic mass is 32.2. The van der Waals surface area contributed by atoms with E-state index in [4.69, 9.17) is 4.52 Å². The van der Waals surface area contributed by atoms with Gasteiger partial charge in [0.05, 0.1) is 11.3 Å². The number of hydrogen-bond acceptors (Lipinski definition) is 7. The Kier molecular flexibility index (Phi) is 4.71. The smallest absolute Gasteiger partial charge is 0.232 e. The predicted octanol–water partition coefficient (Wildman–Crippen LogP) is 4.03. The molecule has 0 saturated carbocycles. The van der Waals surface area contributed by atoms with Gasteiger partial charge in [-0.15, -0.1) is 0 Å². The van der Waals surface area contributed by atoms with Crippen LogP contribution >= 0.6 is 11.8 Å². The molecule has 7 heteroatoms. The van der Waals surface area contributed by atoms with E-state index in [1.807, 2.05) is 45.0 Å². The maximum Gasteiger partial charge on any atom is 0.232 e. The van der Waals surface area contributed by atoms with Crippen LogP contribution in [0.4, 0.5) is 5.82 Å². The highest BCUT2D eigenvalue weighted by molar-refractivity contribution is 7.98. The summed E-state index contributed by atoms with van der Waals surface area (Å²) >= 11 is 1.51. The lowest BCUT2D eigenvalue weighted by Gasteiger charge is -2.10. The van der Waals surface area contributed by atoms with Crippen LogP contribution < -0.4 is 5.32 Å².